The van der Waals surface area contributed by atoms with Crippen molar-refractivity contribution >= 4 is 17.5 Å². The number of rotatable bonds is 2. The summed E-state index contributed by atoms with van der Waals surface area (Å²) < 4.78 is 1.78. The maximum absolute atomic E-state index is 12.4. The van der Waals surface area contributed by atoms with E-state index in [2.05, 4.69) is 6.92 Å². The van der Waals surface area contributed by atoms with Gasteiger partial charge in [0.2, 0.25) is 0 Å². The Morgan fingerprint density at radius 1 is 1.61 bits per heavy atom. The molecule has 2 atom stereocenters. The quantitative estimate of drug-likeness (QED) is 0.889. The molecule has 0 aliphatic carbocycles. The van der Waals surface area contributed by atoms with E-state index in [1.165, 1.54) is 0 Å². The number of aromatic nitrogens is 1. The molecule has 1 saturated heterocycles. The van der Waals surface area contributed by atoms with E-state index in [1.54, 1.807) is 16.8 Å². The van der Waals surface area contributed by atoms with E-state index in [0.717, 1.165) is 19.5 Å². The average molecular weight is 270 g/mol. The van der Waals surface area contributed by atoms with Crippen molar-refractivity contribution in [3.63, 3.8) is 0 Å². The molecule has 1 fully saturated rings. The van der Waals surface area contributed by atoms with Gasteiger partial charge in [-0.25, -0.2) is 0 Å². The van der Waals surface area contributed by atoms with Crippen molar-refractivity contribution in [2.75, 3.05) is 19.6 Å². The Morgan fingerprint density at radius 2 is 2.33 bits per heavy atom. The van der Waals surface area contributed by atoms with Crippen molar-refractivity contribution in [3.8, 4) is 0 Å². The Labute approximate surface area is 113 Å². The lowest BCUT2D eigenvalue weighted by Gasteiger charge is -2.36. The SMILES string of the molecule is CC1CCN(C(=O)c2cc(Cl)cn2C)CC1CN. The molecule has 2 unspecified atom stereocenters. The first-order valence-corrected chi connectivity index (χ1v) is 6.72. The summed E-state index contributed by atoms with van der Waals surface area (Å²) in [5.74, 6) is 1.05. The largest absolute Gasteiger partial charge is 0.345 e. The first-order chi connectivity index (χ1) is 8.52. The van der Waals surface area contributed by atoms with E-state index in [-0.39, 0.29) is 5.91 Å². The Bertz CT molecular complexity index is 443. The molecule has 2 N–H and O–H groups in total. The van der Waals surface area contributed by atoms with Crippen LogP contribution in [0.3, 0.4) is 0 Å². The molecule has 100 valence electrons. The molecule has 0 aromatic carbocycles. The molecule has 2 rings (SSSR count). The second-order valence-electron chi connectivity index (χ2n) is 5.17. The van der Waals surface area contributed by atoms with Gasteiger partial charge in [-0.05, 0) is 30.9 Å². The van der Waals surface area contributed by atoms with Crippen LogP contribution < -0.4 is 5.73 Å². The predicted octanol–water partition coefficient (Wildman–Crippen LogP) is 1.74. The standard InChI is InChI=1S/C13H20ClN3O/c1-9-3-4-17(7-10(9)6-15)13(18)12-5-11(14)8-16(12)2/h5,8-10H,3-4,6-7,15H2,1-2H3. The number of piperidine rings is 1. The molecule has 18 heavy (non-hydrogen) atoms. The van der Waals surface area contributed by atoms with Crippen molar-refractivity contribution in [3.05, 3.63) is 23.0 Å². The second kappa shape index (κ2) is 5.33. The maximum atomic E-state index is 12.4. The number of nitrogens with two attached hydrogens (primary N) is 1. The van der Waals surface area contributed by atoms with Crippen LogP contribution in [0, 0.1) is 11.8 Å². The molecule has 0 bridgehead atoms. The highest BCUT2D eigenvalue weighted by Gasteiger charge is 2.29. The minimum absolute atomic E-state index is 0.0507. The molecule has 1 amide bonds. The molecule has 5 heteroatoms. The van der Waals surface area contributed by atoms with Crippen LogP contribution in [-0.2, 0) is 7.05 Å². The second-order valence-corrected chi connectivity index (χ2v) is 5.60. The smallest absolute Gasteiger partial charge is 0.270 e. The summed E-state index contributed by atoms with van der Waals surface area (Å²) in [6.07, 6.45) is 2.77. The number of halogens is 1. The number of hydrogen-bond donors (Lipinski definition) is 1. The van der Waals surface area contributed by atoms with Gasteiger partial charge in [-0.15, -0.1) is 0 Å². The van der Waals surface area contributed by atoms with E-state index in [1.807, 2.05) is 11.9 Å². The Hall–Kier alpha value is -1.00. The topological polar surface area (TPSA) is 51.3 Å². The highest BCUT2D eigenvalue weighted by Crippen LogP contribution is 2.24. The van der Waals surface area contributed by atoms with Crippen LogP contribution in [-0.4, -0.2) is 35.0 Å². The first-order valence-electron chi connectivity index (χ1n) is 6.34. The molecule has 0 saturated carbocycles. The normalized spacial score (nSPS) is 24.3. The Kier molecular flexibility index (Phi) is 3.97. The molecule has 2 heterocycles. The van der Waals surface area contributed by atoms with Crippen LogP contribution in [0.25, 0.3) is 0 Å². The van der Waals surface area contributed by atoms with Gasteiger partial charge in [-0.3, -0.25) is 4.79 Å². The molecule has 1 aliphatic rings. The Balaban J connectivity index is 2.12. The molecule has 4 nitrogen and oxygen atoms in total. The van der Waals surface area contributed by atoms with Crippen LogP contribution in [0.2, 0.25) is 5.02 Å². The fourth-order valence-corrected chi connectivity index (χ4v) is 2.79. The molecular weight excluding hydrogens is 250 g/mol. The fraction of sp³-hybridized carbons (Fsp3) is 0.615. The highest BCUT2D eigenvalue weighted by atomic mass is 35.5. The van der Waals surface area contributed by atoms with Crippen LogP contribution in [0.1, 0.15) is 23.8 Å². The number of nitrogens with zero attached hydrogens (tertiary/aromatic N) is 2. The number of amides is 1. The van der Waals surface area contributed by atoms with Crippen LogP contribution in [0.5, 0.6) is 0 Å². The fourth-order valence-electron chi connectivity index (χ4n) is 2.54. The third-order valence-corrected chi connectivity index (χ3v) is 4.10. The lowest BCUT2D eigenvalue weighted by atomic mass is 9.87. The summed E-state index contributed by atoms with van der Waals surface area (Å²) in [7, 11) is 1.84. The predicted molar refractivity (Wildman–Crippen MR) is 72.7 cm³/mol. The molecule has 1 aromatic rings. The minimum atomic E-state index is 0.0507. The van der Waals surface area contributed by atoms with E-state index < -0.39 is 0 Å². The van der Waals surface area contributed by atoms with Crippen LogP contribution in [0.4, 0.5) is 0 Å². The summed E-state index contributed by atoms with van der Waals surface area (Å²) in [4.78, 5) is 14.3. The van der Waals surface area contributed by atoms with E-state index in [4.69, 9.17) is 17.3 Å². The maximum Gasteiger partial charge on any atom is 0.270 e. The van der Waals surface area contributed by atoms with Gasteiger partial charge in [0.05, 0.1) is 5.02 Å². The minimum Gasteiger partial charge on any atom is -0.345 e. The number of hydrogen-bond acceptors (Lipinski definition) is 2. The molecule has 1 aromatic heterocycles. The number of carbonyl (C=O) groups excluding carboxylic acids is 1. The van der Waals surface area contributed by atoms with Gasteiger partial charge in [0.15, 0.2) is 0 Å². The number of carbonyl (C=O) groups is 1. The van der Waals surface area contributed by atoms with Crippen LogP contribution >= 0.6 is 11.6 Å². The average Bonchev–Trinajstić information content (AvgIpc) is 2.68. The van der Waals surface area contributed by atoms with Gasteiger partial charge < -0.3 is 15.2 Å². The van der Waals surface area contributed by atoms with Crippen molar-refractivity contribution in [1.82, 2.24) is 9.47 Å². The van der Waals surface area contributed by atoms with E-state index >= 15 is 0 Å². The van der Waals surface area contributed by atoms with Gasteiger partial charge >= 0.3 is 0 Å². The molecule has 0 radical (unpaired) electrons. The van der Waals surface area contributed by atoms with Crippen molar-refractivity contribution in [2.45, 2.75) is 13.3 Å². The van der Waals surface area contributed by atoms with E-state index in [0.29, 0.717) is 29.1 Å². The highest BCUT2D eigenvalue weighted by molar-refractivity contribution is 6.31. The summed E-state index contributed by atoms with van der Waals surface area (Å²) in [5, 5.41) is 0.599. The number of likely N-dealkylation sites (tertiary alicyclic amines) is 1. The van der Waals surface area contributed by atoms with Gasteiger partial charge in [0.1, 0.15) is 5.69 Å². The zero-order valence-corrected chi connectivity index (χ0v) is 11.7. The summed E-state index contributed by atoms with van der Waals surface area (Å²) in [6.45, 7) is 4.40. The lowest BCUT2D eigenvalue weighted by molar-refractivity contribution is 0.0609. The third-order valence-electron chi connectivity index (χ3n) is 3.89. The van der Waals surface area contributed by atoms with Crippen molar-refractivity contribution in [1.29, 1.82) is 0 Å². The van der Waals surface area contributed by atoms with Gasteiger partial charge in [0.25, 0.3) is 5.91 Å². The van der Waals surface area contributed by atoms with Gasteiger partial charge in [-0.2, -0.15) is 0 Å². The summed E-state index contributed by atoms with van der Waals surface area (Å²) >= 11 is 5.92. The van der Waals surface area contributed by atoms with Crippen LogP contribution in [0.15, 0.2) is 12.3 Å². The lowest BCUT2D eigenvalue weighted by Crippen LogP contribution is -2.45. The van der Waals surface area contributed by atoms with E-state index in [9.17, 15) is 4.79 Å². The summed E-state index contributed by atoms with van der Waals surface area (Å²) in [5.41, 5.74) is 6.41. The first kappa shape index (κ1) is 13.4. The Morgan fingerprint density at radius 3 is 2.89 bits per heavy atom. The van der Waals surface area contributed by atoms with Crippen molar-refractivity contribution in [2.24, 2.45) is 24.6 Å². The zero-order chi connectivity index (χ0) is 13.3. The van der Waals surface area contributed by atoms with Crippen molar-refractivity contribution < 1.29 is 4.79 Å². The zero-order valence-electron chi connectivity index (χ0n) is 10.9. The molecule has 0 spiro atoms. The van der Waals surface area contributed by atoms with Gasteiger partial charge in [-0.1, -0.05) is 18.5 Å². The third kappa shape index (κ3) is 2.54. The molecular formula is C13H20ClN3O. The van der Waals surface area contributed by atoms with Gasteiger partial charge in [0, 0.05) is 26.3 Å². The molecule has 1 aliphatic heterocycles. The summed E-state index contributed by atoms with van der Waals surface area (Å²) in [6, 6.07) is 1.72. The number of aryl methyl sites for hydroxylation is 1. The monoisotopic (exact) mass is 269 g/mol.